The van der Waals surface area contributed by atoms with E-state index in [9.17, 15) is 0 Å². The van der Waals surface area contributed by atoms with Crippen LogP contribution in [0.15, 0.2) is 23.4 Å². The first-order valence-electron chi connectivity index (χ1n) is 5.98. The highest BCUT2D eigenvalue weighted by Crippen LogP contribution is 2.29. The Balaban J connectivity index is 2.45. The fourth-order valence-corrected chi connectivity index (χ4v) is 2.45. The molecule has 3 N–H and O–H groups in total. The molecule has 17 heavy (non-hydrogen) atoms. The van der Waals surface area contributed by atoms with Crippen LogP contribution in [0, 0.1) is 6.92 Å². The molecular formula is C13H19N3O. The van der Waals surface area contributed by atoms with Crippen LogP contribution in [0.1, 0.15) is 30.9 Å². The maximum atomic E-state index is 8.86. The Morgan fingerprint density at radius 2 is 2.29 bits per heavy atom. The molecule has 2 rings (SSSR count). The van der Waals surface area contributed by atoms with Crippen molar-refractivity contribution in [3.8, 4) is 0 Å². The van der Waals surface area contributed by atoms with E-state index in [2.05, 4.69) is 29.1 Å². The SMILES string of the molecule is Cc1ccc(N2CCCC2C)c(/C(N)=N/O)c1. The van der Waals surface area contributed by atoms with E-state index in [1.54, 1.807) is 0 Å². The third-order valence-electron chi connectivity index (χ3n) is 3.40. The topological polar surface area (TPSA) is 61.8 Å². The van der Waals surface area contributed by atoms with Crippen molar-refractivity contribution in [1.29, 1.82) is 0 Å². The predicted octanol–water partition coefficient (Wildman–Crippen LogP) is 2.08. The zero-order valence-corrected chi connectivity index (χ0v) is 10.3. The lowest BCUT2D eigenvalue weighted by atomic mass is 10.1. The summed E-state index contributed by atoms with van der Waals surface area (Å²) in [4.78, 5) is 2.33. The number of aryl methyl sites for hydroxylation is 1. The molecule has 1 aromatic rings. The first kappa shape index (κ1) is 11.8. The van der Waals surface area contributed by atoms with Crippen LogP contribution in [0.5, 0.6) is 0 Å². The normalized spacial score (nSPS) is 20.9. The standard InChI is InChI=1S/C13H19N3O/c1-9-5-6-12(11(8-9)13(14)15-17)16-7-3-4-10(16)2/h5-6,8,10,17H,3-4,7H2,1-2H3,(H2,14,15). The van der Waals surface area contributed by atoms with Crippen molar-refractivity contribution in [2.75, 3.05) is 11.4 Å². The van der Waals surface area contributed by atoms with Crippen LogP contribution in [0.2, 0.25) is 0 Å². The van der Waals surface area contributed by atoms with E-state index in [0.29, 0.717) is 6.04 Å². The summed E-state index contributed by atoms with van der Waals surface area (Å²) in [7, 11) is 0. The van der Waals surface area contributed by atoms with Crippen molar-refractivity contribution in [1.82, 2.24) is 0 Å². The van der Waals surface area contributed by atoms with Crippen LogP contribution in [-0.2, 0) is 0 Å². The minimum absolute atomic E-state index is 0.183. The average molecular weight is 233 g/mol. The van der Waals surface area contributed by atoms with Gasteiger partial charge in [0.15, 0.2) is 5.84 Å². The van der Waals surface area contributed by atoms with Crippen LogP contribution in [-0.4, -0.2) is 23.6 Å². The quantitative estimate of drug-likeness (QED) is 0.356. The number of hydrogen-bond acceptors (Lipinski definition) is 3. The number of nitrogens with zero attached hydrogens (tertiary/aromatic N) is 2. The first-order chi connectivity index (χ1) is 8.13. The fraction of sp³-hybridized carbons (Fsp3) is 0.462. The molecule has 0 saturated carbocycles. The molecule has 1 saturated heterocycles. The van der Waals surface area contributed by atoms with Gasteiger partial charge in [0.2, 0.25) is 0 Å². The molecule has 0 aromatic heterocycles. The van der Waals surface area contributed by atoms with Crippen molar-refractivity contribution in [3.05, 3.63) is 29.3 Å². The summed E-state index contributed by atoms with van der Waals surface area (Å²) in [6.45, 7) is 5.25. The van der Waals surface area contributed by atoms with Crippen molar-refractivity contribution >= 4 is 11.5 Å². The van der Waals surface area contributed by atoms with E-state index in [1.807, 2.05) is 13.0 Å². The van der Waals surface area contributed by atoms with E-state index in [0.717, 1.165) is 23.4 Å². The Bertz CT molecular complexity index is 442. The lowest BCUT2D eigenvalue weighted by Gasteiger charge is -2.26. The highest BCUT2D eigenvalue weighted by atomic mass is 16.4. The maximum Gasteiger partial charge on any atom is 0.172 e. The Morgan fingerprint density at radius 3 is 2.88 bits per heavy atom. The molecule has 0 bridgehead atoms. The Kier molecular flexibility index (Phi) is 3.22. The van der Waals surface area contributed by atoms with E-state index < -0.39 is 0 Å². The van der Waals surface area contributed by atoms with Gasteiger partial charge in [-0.15, -0.1) is 0 Å². The third kappa shape index (κ3) is 2.20. The van der Waals surface area contributed by atoms with Gasteiger partial charge in [-0.05, 0) is 38.8 Å². The lowest BCUT2D eigenvalue weighted by molar-refractivity contribution is 0.318. The zero-order chi connectivity index (χ0) is 12.4. The number of hydrogen-bond donors (Lipinski definition) is 2. The number of rotatable bonds is 2. The molecule has 1 atom stereocenters. The fourth-order valence-electron chi connectivity index (χ4n) is 2.45. The molecule has 4 heteroatoms. The molecule has 92 valence electrons. The summed E-state index contributed by atoms with van der Waals surface area (Å²) in [5, 5.41) is 12.0. The van der Waals surface area contributed by atoms with Crippen LogP contribution in [0.25, 0.3) is 0 Å². The van der Waals surface area contributed by atoms with E-state index in [4.69, 9.17) is 10.9 Å². The second kappa shape index (κ2) is 4.65. The number of nitrogens with two attached hydrogens (primary N) is 1. The summed E-state index contributed by atoms with van der Waals surface area (Å²) in [6.07, 6.45) is 2.40. The van der Waals surface area contributed by atoms with Gasteiger partial charge in [0.25, 0.3) is 0 Å². The van der Waals surface area contributed by atoms with Gasteiger partial charge in [0, 0.05) is 23.8 Å². The van der Waals surface area contributed by atoms with Gasteiger partial charge < -0.3 is 15.8 Å². The second-order valence-electron chi connectivity index (χ2n) is 4.69. The van der Waals surface area contributed by atoms with Gasteiger partial charge in [0.05, 0.1) is 0 Å². The Hall–Kier alpha value is -1.71. The summed E-state index contributed by atoms with van der Waals surface area (Å²) >= 11 is 0. The molecular weight excluding hydrogens is 214 g/mol. The summed E-state index contributed by atoms with van der Waals surface area (Å²) in [5.41, 5.74) is 8.75. The molecule has 1 aliphatic rings. The zero-order valence-electron chi connectivity index (χ0n) is 10.3. The molecule has 0 aliphatic carbocycles. The minimum Gasteiger partial charge on any atom is -0.409 e. The van der Waals surface area contributed by atoms with Crippen LogP contribution in [0.3, 0.4) is 0 Å². The van der Waals surface area contributed by atoms with Crippen LogP contribution >= 0.6 is 0 Å². The maximum absolute atomic E-state index is 8.86. The van der Waals surface area contributed by atoms with Gasteiger partial charge in [0.1, 0.15) is 0 Å². The van der Waals surface area contributed by atoms with Gasteiger partial charge >= 0.3 is 0 Å². The van der Waals surface area contributed by atoms with Gasteiger partial charge in [-0.2, -0.15) is 0 Å². The first-order valence-corrected chi connectivity index (χ1v) is 5.98. The largest absolute Gasteiger partial charge is 0.409 e. The van der Waals surface area contributed by atoms with Crippen molar-refractivity contribution in [3.63, 3.8) is 0 Å². The van der Waals surface area contributed by atoms with Gasteiger partial charge in [-0.1, -0.05) is 16.8 Å². The highest BCUT2D eigenvalue weighted by Gasteiger charge is 2.23. The summed E-state index contributed by atoms with van der Waals surface area (Å²) < 4.78 is 0. The number of anilines is 1. The van der Waals surface area contributed by atoms with Crippen molar-refractivity contribution in [2.45, 2.75) is 32.7 Å². The number of oxime groups is 1. The number of amidine groups is 1. The summed E-state index contributed by atoms with van der Waals surface area (Å²) in [6, 6.07) is 6.61. The molecule has 1 heterocycles. The van der Waals surface area contributed by atoms with E-state index >= 15 is 0 Å². The van der Waals surface area contributed by atoms with Crippen LogP contribution in [0.4, 0.5) is 5.69 Å². The number of benzene rings is 1. The molecule has 1 aliphatic heterocycles. The molecule has 4 nitrogen and oxygen atoms in total. The van der Waals surface area contributed by atoms with E-state index in [1.165, 1.54) is 12.8 Å². The monoisotopic (exact) mass is 233 g/mol. The van der Waals surface area contributed by atoms with Crippen molar-refractivity contribution in [2.24, 2.45) is 10.9 Å². The minimum atomic E-state index is 0.183. The molecule has 1 aromatic carbocycles. The average Bonchev–Trinajstić information content (AvgIpc) is 2.74. The molecule has 0 amide bonds. The van der Waals surface area contributed by atoms with Crippen LogP contribution < -0.4 is 10.6 Å². The second-order valence-corrected chi connectivity index (χ2v) is 4.69. The Labute approximate surface area is 102 Å². The molecule has 1 unspecified atom stereocenters. The smallest absolute Gasteiger partial charge is 0.172 e. The highest BCUT2D eigenvalue weighted by molar-refractivity contribution is 6.02. The lowest BCUT2D eigenvalue weighted by Crippen LogP contribution is -2.29. The predicted molar refractivity (Wildman–Crippen MR) is 69.7 cm³/mol. The third-order valence-corrected chi connectivity index (χ3v) is 3.40. The molecule has 0 spiro atoms. The van der Waals surface area contributed by atoms with E-state index in [-0.39, 0.29) is 5.84 Å². The van der Waals surface area contributed by atoms with Gasteiger partial charge in [-0.25, -0.2) is 0 Å². The molecule has 0 radical (unpaired) electrons. The summed E-state index contributed by atoms with van der Waals surface area (Å²) in [5.74, 6) is 0.183. The Morgan fingerprint density at radius 1 is 1.53 bits per heavy atom. The van der Waals surface area contributed by atoms with Gasteiger partial charge in [-0.3, -0.25) is 0 Å². The van der Waals surface area contributed by atoms with Crippen molar-refractivity contribution < 1.29 is 5.21 Å². The molecule has 1 fully saturated rings.